The van der Waals surface area contributed by atoms with Gasteiger partial charge in [0.15, 0.2) is 0 Å². The largest absolute Gasteiger partial charge is 0.378 e. The number of aliphatic imine (C=N–C) groups is 1. The van der Waals surface area contributed by atoms with Crippen LogP contribution in [0.4, 0.5) is 17.1 Å². The lowest BCUT2D eigenvalue weighted by molar-refractivity contribution is 0.709. The highest BCUT2D eigenvalue weighted by Crippen LogP contribution is 2.37. The molecule has 4 aromatic rings. The number of nitrogens with zero attached hydrogens (tertiary/aromatic N) is 4. The van der Waals surface area contributed by atoms with Crippen LogP contribution in [0.2, 0.25) is 10.0 Å². The van der Waals surface area contributed by atoms with Crippen LogP contribution in [0.3, 0.4) is 0 Å². The fourth-order valence-corrected chi connectivity index (χ4v) is 4.73. The van der Waals surface area contributed by atoms with Crippen molar-refractivity contribution in [1.29, 1.82) is 0 Å². The van der Waals surface area contributed by atoms with Crippen molar-refractivity contribution in [2.24, 2.45) is 10.1 Å². The van der Waals surface area contributed by atoms with Crippen LogP contribution in [-0.4, -0.2) is 26.0 Å². The van der Waals surface area contributed by atoms with Crippen LogP contribution >= 0.6 is 23.2 Å². The Morgan fingerprint density at radius 1 is 0.889 bits per heavy atom. The number of rotatable bonds is 6. The molecule has 0 aliphatic carbocycles. The molecule has 36 heavy (non-hydrogen) atoms. The van der Waals surface area contributed by atoms with Crippen LogP contribution in [0, 0.1) is 0 Å². The molecular weight excluding hydrogens is 487 g/mol. The summed E-state index contributed by atoms with van der Waals surface area (Å²) in [5, 5.41) is 8.38. The fraction of sp³-hybridized carbons (Fsp3) is 0.133. The average molecular weight is 513 g/mol. The maximum Gasteiger partial charge on any atom is 0.0831 e. The van der Waals surface area contributed by atoms with Crippen molar-refractivity contribution in [3.05, 3.63) is 124 Å². The van der Waals surface area contributed by atoms with Crippen LogP contribution in [-0.2, 0) is 0 Å². The first-order valence-corrected chi connectivity index (χ1v) is 12.5. The summed E-state index contributed by atoms with van der Waals surface area (Å²) in [5.74, 6) is 0. The van der Waals surface area contributed by atoms with E-state index in [1.807, 2.05) is 42.5 Å². The van der Waals surface area contributed by atoms with Crippen molar-refractivity contribution in [3.63, 3.8) is 0 Å². The number of hydrogen-bond acceptors (Lipinski definition) is 4. The van der Waals surface area contributed by atoms with Gasteiger partial charge in [-0.2, -0.15) is 5.10 Å². The van der Waals surface area contributed by atoms with Crippen LogP contribution in [0.25, 0.3) is 0 Å². The first kappa shape index (κ1) is 24.1. The number of para-hydroxylation sites is 1. The van der Waals surface area contributed by atoms with Gasteiger partial charge in [0.2, 0.25) is 0 Å². The summed E-state index contributed by atoms with van der Waals surface area (Å²) in [4.78, 5) is 6.76. The number of benzene rings is 4. The molecule has 0 amide bonds. The van der Waals surface area contributed by atoms with Gasteiger partial charge in [0.1, 0.15) is 0 Å². The Morgan fingerprint density at radius 2 is 1.67 bits per heavy atom. The summed E-state index contributed by atoms with van der Waals surface area (Å²) in [6.45, 7) is 0. The average Bonchev–Trinajstić information content (AvgIpc) is 3.35. The van der Waals surface area contributed by atoms with Crippen LogP contribution in [0.5, 0.6) is 0 Å². The monoisotopic (exact) mass is 512 g/mol. The molecule has 0 radical (unpaired) electrons. The van der Waals surface area contributed by atoms with Gasteiger partial charge in [0.25, 0.3) is 0 Å². The van der Waals surface area contributed by atoms with Gasteiger partial charge in [-0.25, -0.2) is 0 Å². The molecule has 4 aromatic carbocycles. The predicted octanol–water partition coefficient (Wildman–Crippen LogP) is 8.17. The molecular formula is C30H26Cl2N4. The van der Waals surface area contributed by atoms with E-state index in [0.717, 1.165) is 34.6 Å². The molecule has 1 atom stereocenters. The molecule has 180 valence electrons. The minimum atomic E-state index is 0.110. The highest BCUT2D eigenvalue weighted by molar-refractivity contribution is 6.36. The lowest BCUT2D eigenvalue weighted by atomic mass is 9.97. The summed E-state index contributed by atoms with van der Waals surface area (Å²) < 4.78 is 0. The van der Waals surface area contributed by atoms with E-state index in [4.69, 9.17) is 28.3 Å². The molecule has 0 bridgehead atoms. The van der Waals surface area contributed by atoms with E-state index in [-0.39, 0.29) is 6.04 Å². The predicted molar refractivity (Wildman–Crippen MR) is 154 cm³/mol. The van der Waals surface area contributed by atoms with Gasteiger partial charge in [-0.3, -0.25) is 10.0 Å². The molecule has 0 saturated carbocycles. The fourth-order valence-electron chi connectivity index (χ4n) is 4.27. The van der Waals surface area contributed by atoms with Gasteiger partial charge in [-0.15, -0.1) is 0 Å². The molecule has 0 spiro atoms. The van der Waals surface area contributed by atoms with Crippen molar-refractivity contribution in [3.8, 4) is 0 Å². The van der Waals surface area contributed by atoms with E-state index in [0.29, 0.717) is 10.0 Å². The van der Waals surface area contributed by atoms with Gasteiger partial charge in [-0.05, 0) is 59.7 Å². The standard InChI is InChI=1S/C30H26Cl2N4/c1-35(2)26-15-12-21(13-16-26)30-19-29(34-36(30)27-9-4-3-5-10-27)22-7-6-8-25(17-22)33-20-23-11-14-24(31)18-28(23)32/h3-18,20,30H,19H2,1-2H3. The summed E-state index contributed by atoms with van der Waals surface area (Å²) >= 11 is 12.3. The maximum atomic E-state index is 6.30. The summed E-state index contributed by atoms with van der Waals surface area (Å²) in [5.41, 5.74) is 7.22. The highest BCUT2D eigenvalue weighted by Gasteiger charge is 2.30. The lowest BCUT2D eigenvalue weighted by Gasteiger charge is -2.24. The van der Waals surface area contributed by atoms with Gasteiger partial charge >= 0.3 is 0 Å². The van der Waals surface area contributed by atoms with Crippen molar-refractivity contribution < 1.29 is 0 Å². The number of anilines is 2. The smallest absolute Gasteiger partial charge is 0.0831 e. The molecule has 1 aliphatic heterocycles. The van der Waals surface area contributed by atoms with Crippen molar-refractivity contribution in [2.75, 3.05) is 24.0 Å². The molecule has 0 fully saturated rings. The molecule has 0 saturated heterocycles. The molecule has 1 aliphatic rings. The lowest BCUT2D eigenvalue weighted by Crippen LogP contribution is -2.18. The SMILES string of the molecule is CN(C)c1ccc(C2CC(c3cccc(N=Cc4ccc(Cl)cc4Cl)c3)=NN2c2ccccc2)cc1. The van der Waals surface area contributed by atoms with Crippen molar-refractivity contribution in [2.45, 2.75) is 12.5 Å². The molecule has 4 nitrogen and oxygen atoms in total. The minimum absolute atomic E-state index is 0.110. The third-order valence-electron chi connectivity index (χ3n) is 6.22. The number of hydrogen-bond donors (Lipinski definition) is 0. The Morgan fingerprint density at radius 3 is 2.39 bits per heavy atom. The van der Waals surface area contributed by atoms with Crippen LogP contribution < -0.4 is 9.91 Å². The second kappa shape index (κ2) is 10.6. The van der Waals surface area contributed by atoms with Gasteiger partial charge in [0.05, 0.1) is 28.2 Å². The Hall–Kier alpha value is -3.60. The third-order valence-corrected chi connectivity index (χ3v) is 6.78. The summed E-state index contributed by atoms with van der Waals surface area (Å²) in [6.07, 6.45) is 2.56. The third kappa shape index (κ3) is 5.30. The molecule has 6 heteroatoms. The van der Waals surface area contributed by atoms with E-state index in [9.17, 15) is 0 Å². The molecule has 0 N–H and O–H groups in total. The Labute approximate surface area is 222 Å². The van der Waals surface area contributed by atoms with Crippen LogP contribution in [0.1, 0.15) is 29.2 Å². The maximum absolute atomic E-state index is 6.30. The normalized spacial score (nSPS) is 15.4. The molecule has 0 aromatic heterocycles. The number of hydrazone groups is 1. The zero-order valence-electron chi connectivity index (χ0n) is 20.1. The number of halogens is 2. The van der Waals surface area contributed by atoms with Gasteiger partial charge < -0.3 is 4.90 Å². The first-order chi connectivity index (χ1) is 17.5. The molecule has 1 unspecified atom stereocenters. The van der Waals surface area contributed by atoms with Crippen LogP contribution in [0.15, 0.2) is 107 Å². The van der Waals surface area contributed by atoms with Gasteiger partial charge in [-0.1, -0.05) is 71.7 Å². The Bertz CT molecular complexity index is 1410. The second-order valence-electron chi connectivity index (χ2n) is 8.91. The summed E-state index contributed by atoms with van der Waals surface area (Å²) in [7, 11) is 4.11. The Kier molecular flexibility index (Phi) is 7.08. The topological polar surface area (TPSA) is 31.2 Å². The Balaban J connectivity index is 1.45. The second-order valence-corrected chi connectivity index (χ2v) is 9.75. The van der Waals surface area contributed by atoms with E-state index in [1.165, 1.54) is 11.3 Å². The highest BCUT2D eigenvalue weighted by atomic mass is 35.5. The van der Waals surface area contributed by atoms with E-state index in [2.05, 4.69) is 77.5 Å². The first-order valence-electron chi connectivity index (χ1n) is 11.8. The van der Waals surface area contributed by atoms with E-state index >= 15 is 0 Å². The molecule has 1 heterocycles. The minimum Gasteiger partial charge on any atom is -0.378 e. The van der Waals surface area contributed by atoms with E-state index < -0.39 is 0 Å². The van der Waals surface area contributed by atoms with E-state index in [1.54, 1.807) is 12.3 Å². The van der Waals surface area contributed by atoms with Crippen molar-refractivity contribution in [1.82, 2.24) is 0 Å². The van der Waals surface area contributed by atoms with Gasteiger partial charge in [0, 0.05) is 43.0 Å². The zero-order valence-corrected chi connectivity index (χ0v) is 21.7. The molecule has 5 rings (SSSR count). The zero-order chi connectivity index (χ0) is 25.1. The van der Waals surface area contributed by atoms with Crippen molar-refractivity contribution >= 4 is 52.2 Å². The quantitative estimate of drug-likeness (QED) is 0.244. The summed E-state index contributed by atoms with van der Waals surface area (Å²) in [6, 6.07) is 32.7.